The van der Waals surface area contributed by atoms with Crippen molar-refractivity contribution in [2.75, 3.05) is 32.8 Å². The largest absolute Gasteiger partial charge is 0.448 e. The number of alkyl carbamates (subject to hydrolysis) is 2. The lowest BCUT2D eigenvalue weighted by atomic mass is 9.91. The first-order valence-electron chi connectivity index (χ1n) is 23.0. The molecule has 0 aliphatic rings. The molecule has 0 saturated heterocycles. The van der Waals surface area contributed by atoms with Crippen LogP contribution in [0, 0.1) is 5.41 Å². The van der Waals surface area contributed by atoms with Crippen molar-refractivity contribution in [2.45, 2.75) is 233 Å². The quantitative estimate of drug-likeness (QED) is 0.0541. The van der Waals surface area contributed by atoms with E-state index in [4.69, 9.17) is 9.47 Å². The lowest BCUT2D eigenvalue weighted by molar-refractivity contribution is -0.134. The third-order valence-corrected chi connectivity index (χ3v) is 10.5. The molecule has 0 heterocycles. The SMILES string of the molecule is CCCCCCCCCCCCCCCCCCNC(=O)OCC(C)(COC(=O)NCCCCCCCCCCCCCCCCCC)C(=O)NCC. The molecule has 0 rings (SSSR count). The topological polar surface area (TPSA) is 106 Å². The molecule has 53 heavy (non-hydrogen) atoms. The molecule has 0 saturated carbocycles. The molecule has 0 aliphatic carbocycles. The van der Waals surface area contributed by atoms with Crippen molar-refractivity contribution in [3.63, 3.8) is 0 Å². The second-order valence-electron chi connectivity index (χ2n) is 16.0. The van der Waals surface area contributed by atoms with Crippen molar-refractivity contribution >= 4 is 18.1 Å². The zero-order valence-electron chi connectivity index (χ0n) is 35.7. The molecule has 8 heteroatoms. The Morgan fingerprint density at radius 1 is 0.377 bits per heavy atom. The zero-order valence-corrected chi connectivity index (χ0v) is 35.7. The van der Waals surface area contributed by atoms with Gasteiger partial charge in [-0.3, -0.25) is 4.79 Å². The normalized spacial score (nSPS) is 11.4. The number of unbranched alkanes of at least 4 members (excludes halogenated alkanes) is 30. The van der Waals surface area contributed by atoms with Gasteiger partial charge in [0, 0.05) is 19.6 Å². The Bertz CT molecular complexity index is 770. The lowest BCUT2D eigenvalue weighted by Gasteiger charge is -2.27. The van der Waals surface area contributed by atoms with Crippen LogP contribution >= 0.6 is 0 Å². The van der Waals surface area contributed by atoms with Crippen LogP contribution in [-0.4, -0.2) is 50.9 Å². The summed E-state index contributed by atoms with van der Waals surface area (Å²) in [7, 11) is 0. The summed E-state index contributed by atoms with van der Waals surface area (Å²) in [6.07, 6.45) is 40.8. The molecule has 0 aromatic heterocycles. The molecular formula is C45H89N3O5. The van der Waals surface area contributed by atoms with Gasteiger partial charge in [0.1, 0.15) is 18.6 Å². The maximum absolute atomic E-state index is 12.8. The molecule has 8 nitrogen and oxygen atoms in total. The van der Waals surface area contributed by atoms with Gasteiger partial charge in [-0.1, -0.05) is 206 Å². The van der Waals surface area contributed by atoms with Crippen LogP contribution in [-0.2, 0) is 14.3 Å². The molecule has 0 radical (unpaired) electrons. The summed E-state index contributed by atoms with van der Waals surface area (Å²) in [5, 5.41) is 8.38. The fourth-order valence-electron chi connectivity index (χ4n) is 6.83. The van der Waals surface area contributed by atoms with Gasteiger partial charge >= 0.3 is 12.2 Å². The average Bonchev–Trinajstić information content (AvgIpc) is 3.15. The number of rotatable bonds is 40. The first kappa shape index (κ1) is 51.0. The highest BCUT2D eigenvalue weighted by atomic mass is 16.6. The van der Waals surface area contributed by atoms with Crippen LogP contribution in [0.3, 0.4) is 0 Å². The molecule has 0 atom stereocenters. The number of hydrogen-bond acceptors (Lipinski definition) is 5. The van der Waals surface area contributed by atoms with E-state index in [1.165, 1.54) is 180 Å². The summed E-state index contributed by atoms with van der Waals surface area (Å²) in [5.74, 6) is -0.309. The Hall–Kier alpha value is -1.99. The third kappa shape index (κ3) is 35.5. The summed E-state index contributed by atoms with van der Waals surface area (Å²) >= 11 is 0. The molecule has 314 valence electrons. The molecule has 0 aliphatic heterocycles. The lowest BCUT2D eigenvalue weighted by Crippen LogP contribution is -2.47. The van der Waals surface area contributed by atoms with E-state index >= 15 is 0 Å². The van der Waals surface area contributed by atoms with Gasteiger partial charge in [-0.2, -0.15) is 0 Å². The van der Waals surface area contributed by atoms with Crippen molar-refractivity contribution < 1.29 is 23.9 Å². The Labute approximate surface area is 328 Å². The van der Waals surface area contributed by atoms with Gasteiger partial charge in [-0.15, -0.1) is 0 Å². The summed E-state index contributed by atoms with van der Waals surface area (Å²) in [5.41, 5.74) is -1.17. The van der Waals surface area contributed by atoms with Crippen molar-refractivity contribution in [2.24, 2.45) is 5.41 Å². The van der Waals surface area contributed by atoms with Gasteiger partial charge in [0.2, 0.25) is 5.91 Å². The Balaban J connectivity index is 3.87. The molecule has 3 amide bonds. The molecule has 0 aromatic rings. The van der Waals surface area contributed by atoms with Crippen LogP contribution in [0.4, 0.5) is 9.59 Å². The van der Waals surface area contributed by atoms with Crippen molar-refractivity contribution in [3.05, 3.63) is 0 Å². The van der Waals surface area contributed by atoms with Crippen LogP contribution in [0.5, 0.6) is 0 Å². The van der Waals surface area contributed by atoms with Crippen LogP contribution in [0.1, 0.15) is 233 Å². The highest BCUT2D eigenvalue weighted by Crippen LogP contribution is 2.19. The summed E-state index contributed by atoms with van der Waals surface area (Å²) in [6, 6.07) is 0. The standard InChI is InChI=1S/C45H89N3O5/c1-5-8-10-12-14-16-18-20-22-24-26-28-30-32-34-36-38-47-43(50)52-40-45(4,42(49)46-7-3)41-53-44(51)48-39-37-35-33-31-29-27-25-23-21-19-17-15-13-11-9-6-2/h5-41H2,1-4H3,(H,46,49)(H,47,50)(H,48,51). The van der Waals surface area contributed by atoms with Gasteiger partial charge in [-0.25, -0.2) is 9.59 Å². The number of ether oxygens (including phenoxy) is 2. The Morgan fingerprint density at radius 2 is 0.623 bits per heavy atom. The Kier molecular flexibility index (Phi) is 38.2. The molecule has 3 N–H and O–H groups in total. The van der Waals surface area contributed by atoms with Gasteiger partial charge < -0.3 is 25.4 Å². The smallest absolute Gasteiger partial charge is 0.407 e. The molecular weight excluding hydrogens is 663 g/mol. The van der Waals surface area contributed by atoms with E-state index in [2.05, 4.69) is 29.8 Å². The maximum Gasteiger partial charge on any atom is 0.407 e. The molecule has 0 unspecified atom stereocenters. The summed E-state index contributed by atoms with van der Waals surface area (Å²) in [4.78, 5) is 37.5. The Morgan fingerprint density at radius 3 is 0.868 bits per heavy atom. The van der Waals surface area contributed by atoms with E-state index in [9.17, 15) is 14.4 Å². The minimum Gasteiger partial charge on any atom is -0.448 e. The number of amides is 3. The maximum atomic E-state index is 12.8. The van der Waals surface area contributed by atoms with Crippen LogP contribution < -0.4 is 16.0 Å². The summed E-state index contributed by atoms with van der Waals surface area (Å²) < 4.78 is 10.8. The van der Waals surface area contributed by atoms with Gasteiger partial charge in [0.25, 0.3) is 0 Å². The molecule has 0 bridgehead atoms. The number of nitrogens with one attached hydrogen (secondary N) is 3. The molecule has 0 aromatic carbocycles. The first-order valence-corrected chi connectivity index (χ1v) is 23.0. The fourth-order valence-corrected chi connectivity index (χ4v) is 6.83. The minimum atomic E-state index is -1.17. The van der Waals surface area contributed by atoms with E-state index in [0.29, 0.717) is 19.6 Å². The average molecular weight is 752 g/mol. The predicted molar refractivity (Wildman–Crippen MR) is 225 cm³/mol. The number of carbonyl (C=O) groups is 3. The van der Waals surface area contributed by atoms with Crippen LogP contribution in [0.25, 0.3) is 0 Å². The number of carbonyl (C=O) groups excluding carboxylic acids is 3. The van der Waals surface area contributed by atoms with E-state index in [1.807, 2.05) is 6.92 Å². The van der Waals surface area contributed by atoms with Gasteiger partial charge in [-0.05, 0) is 26.7 Å². The van der Waals surface area contributed by atoms with E-state index in [1.54, 1.807) is 6.92 Å². The van der Waals surface area contributed by atoms with Crippen LogP contribution in [0.15, 0.2) is 0 Å². The monoisotopic (exact) mass is 752 g/mol. The highest BCUT2D eigenvalue weighted by molar-refractivity contribution is 5.83. The van der Waals surface area contributed by atoms with Crippen molar-refractivity contribution in [1.82, 2.24) is 16.0 Å². The van der Waals surface area contributed by atoms with Crippen LogP contribution in [0.2, 0.25) is 0 Å². The van der Waals surface area contributed by atoms with Gasteiger partial charge in [0.15, 0.2) is 0 Å². The second-order valence-corrected chi connectivity index (χ2v) is 16.0. The third-order valence-electron chi connectivity index (χ3n) is 10.5. The fraction of sp³-hybridized carbons (Fsp3) is 0.933. The number of hydrogen-bond donors (Lipinski definition) is 3. The molecule has 0 spiro atoms. The minimum absolute atomic E-state index is 0.171. The van der Waals surface area contributed by atoms with E-state index in [0.717, 1.165) is 25.7 Å². The highest BCUT2D eigenvalue weighted by Gasteiger charge is 2.36. The summed E-state index contributed by atoms with van der Waals surface area (Å²) in [6.45, 7) is 9.23. The predicted octanol–water partition coefficient (Wildman–Crippen LogP) is 13.1. The van der Waals surface area contributed by atoms with E-state index in [-0.39, 0.29) is 19.1 Å². The van der Waals surface area contributed by atoms with Gasteiger partial charge in [0.05, 0.1) is 0 Å². The second kappa shape index (κ2) is 39.7. The van der Waals surface area contributed by atoms with Crippen molar-refractivity contribution in [3.8, 4) is 0 Å². The first-order chi connectivity index (χ1) is 25.9. The van der Waals surface area contributed by atoms with E-state index < -0.39 is 17.6 Å². The molecule has 0 fully saturated rings. The van der Waals surface area contributed by atoms with Crippen molar-refractivity contribution in [1.29, 1.82) is 0 Å². The zero-order chi connectivity index (χ0) is 38.9.